The van der Waals surface area contributed by atoms with E-state index in [4.69, 9.17) is 0 Å². The Kier molecular flexibility index (Phi) is 7.37. The molecule has 0 spiro atoms. The molecule has 1 N–H and O–H groups in total. The number of carbonyl (C=O) groups excluding carboxylic acids is 1. The lowest BCUT2D eigenvalue weighted by Crippen LogP contribution is -2.24. The van der Waals surface area contributed by atoms with E-state index in [1.54, 1.807) is 48.5 Å². The third kappa shape index (κ3) is 5.80. The van der Waals surface area contributed by atoms with Gasteiger partial charge in [0.2, 0.25) is 0 Å². The monoisotopic (exact) mass is 560 g/mol. The number of nitrogens with one attached hydrogen (secondary N) is 1. The lowest BCUT2D eigenvalue weighted by Gasteiger charge is -2.13. The summed E-state index contributed by atoms with van der Waals surface area (Å²) in [5, 5.41) is 4.37. The highest BCUT2D eigenvalue weighted by atomic mass is 79.9. The summed E-state index contributed by atoms with van der Waals surface area (Å²) in [5.41, 5.74) is 1.95. The Labute approximate surface area is 210 Å². The number of alkyl halides is 3. The maximum absolute atomic E-state index is 13.2. The number of hydrogen-bond donors (Lipinski definition) is 1. The smallest absolute Gasteiger partial charge is 0.272 e. The predicted octanol–water partition coefficient (Wildman–Crippen LogP) is 5.41. The normalized spacial score (nSPS) is 11.8. The zero-order valence-corrected chi connectivity index (χ0v) is 20.2. The van der Waals surface area contributed by atoms with Gasteiger partial charge >= 0.3 is 6.18 Å². The van der Waals surface area contributed by atoms with E-state index in [9.17, 15) is 22.8 Å². The van der Waals surface area contributed by atoms with Gasteiger partial charge in [-0.05, 0) is 42.5 Å². The van der Waals surface area contributed by atoms with E-state index in [0.29, 0.717) is 16.6 Å². The summed E-state index contributed by atoms with van der Waals surface area (Å²) in [7, 11) is 0. The maximum atomic E-state index is 13.2. The summed E-state index contributed by atoms with van der Waals surface area (Å²) in [5.74, 6) is -0.736. The second-order valence-electron chi connectivity index (χ2n) is 7.20. The molecule has 4 rings (SSSR count). The fourth-order valence-electron chi connectivity index (χ4n) is 3.23. The van der Waals surface area contributed by atoms with Crippen molar-refractivity contribution in [2.24, 2.45) is 5.10 Å². The highest BCUT2D eigenvalue weighted by Crippen LogP contribution is 2.31. The molecule has 0 atom stereocenters. The van der Waals surface area contributed by atoms with Crippen LogP contribution in [0.2, 0.25) is 0 Å². The van der Waals surface area contributed by atoms with Crippen molar-refractivity contribution in [2.75, 3.05) is 5.75 Å². The van der Waals surface area contributed by atoms with Gasteiger partial charge in [-0.1, -0.05) is 58.0 Å². The largest absolute Gasteiger partial charge is 0.417 e. The molecule has 0 fully saturated rings. The average Bonchev–Trinajstić information content (AvgIpc) is 2.83. The van der Waals surface area contributed by atoms with Crippen molar-refractivity contribution in [1.29, 1.82) is 0 Å². The van der Waals surface area contributed by atoms with Gasteiger partial charge in [-0.15, -0.1) is 0 Å². The molecule has 1 heterocycles. The first-order valence-electron chi connectivity index (χ1n) is 10.1. The van der Waals surface area contributed by atoms with Crippen molar-refractivity contribution < 1.29 is 18.0 Å². The van der Waals surface area contributed by atoms with E-state index < -0.39 is 17.6 Å². The van der Waals surface area contributed by atoms with Crippen LogP contribution < -0.4 is 11.0 Å². The standard InChI is InChI=1S/C24H16BrF3N4O2S/c25-16-9-11-17(12-10-16)32-22(34)18-6-2-4-8-20(18)30-23(32)35-14-21(33)31-29-13-15-5-1-3-7-19(15)24(26,27)28/h1-13H,14H2,(H,31,33). The van der Waals surface area contributed by atoms with Crippen molar-refractivity contribution in [2.45, 2.75) is 11.3 Å². The molecule has 0 unspecified atom stereocenters. The number of hydrazone groups is 1. The first-order valence-corrected chi connectivity index (χ1v) is 11.9. The number of halogens is 4. The summed E-state index contributed by atoms with van der Waals surface area (Å²) in [6.45, 7) is 0. The number of para-hydroxylation sites is 1. The van der Waals surface area contributed by atoms with Crippen LogP contribution in [0.1, 0.15) is 11.1 Å². The van der Waals surface area contributed by atoms with E-state index in [1.807, 2.05) is 0 Å². The van der Waals surface area contributed by atoms with E-state index in [2.05, 4.69) is 31.4 Å². The summed E-state index contributed by atoms with van der Waals surface area (Å²) >= 11 is 4.37. The highest BCUT2D eigenvalue weighted by Gasteiger charge is 2.32. The molecule has 0 saturated heterocycles. The van der Waals surface area contributed by atoms with Crippen molar-refractivity contribution >= 4 is 50.7 Å². The minimum absolute atomic E-state index is 0.167. The molecule has 1 amide bonds. The van der Waals surface area contributed by atoms with Gasteiger partial charge in [0.05, 0.1) is 34.1 Å². The van der Waals surface area contributed by atoms with Crippen molar-refractivity contribution in [1.82, 2.24) is 15.0 Å². The molecule has 0 aliphatic carbocycles. The molecule has 11 heteroatoms. The number of thioether (sulfide) groups is 1. The molecule has 4 aromatic rings. The van der Waals surface area contributed by atoms with Crippen LogP contribution in [-0.4, -0.2) is 27.4 Å². The van der Waals surface area contributed by atoms with Crippen LogP contribution >= 0.6 is 27.7 Å². The molecule has 6 nitrogen and oxygen atoms in total. The molecule has 3 aromatic carbocycles. The number of aromatic nitrogens is 2. The third-order valence-corrected chi connectivity index (χ3v) is 6.29. The van der Waals surface area contributed by atoms with E-state index >= 15 is 0 Å². The minimum Gasteiger partial charge on any atom is -0.272 e. The van der Waals surface area contributed by atoms with Crippen LogP contribution in [0, 0.1) is 0 Å². The first kappa shape index (κ1) is 24.7. The number of fused-ring (bicyclic) bond motifs is 1. The zero-order valence-electron chi connectivity index (χ0n) is 17.8. The molecule has 0 radical (unpaired) electrons. The molecule has 1 aromatic heterocycles. The lowest BCUT2D eigenvalue weighted by molar-refractivity contribution is -0.137. The number of benzene rings is 3. The van der Waals surface area contributed by atoms with Crippen molar-refractivity contribution in [3.8, 4) is 5.69 Å². The lowest BCUT2D eigenvalue weighted by atomic mass is 10.1. The topological polar surface area (TPSA) is 76.3 Å². The number of amides is 1. The Balaban J connectivity index is 1.55. The van der Waals surface area contributed by atoms with Gasteiger partial charge in [0.25, 0.3) is 11.5 Å². The first-order chi connectivity index (χ1) is 16.7. The van der Waals surface area contributed by atoms with Crippen molar-refractivity contribution in [3.05, 3.63) is 98.7 Å². The quantitative estimate of drug-likeness (QED) is 0.148. The van der Waals surface area contributed by atoms with Gasteiger partial charge < -0.3 is 0 Å². The van der Waals surface area contributed by atoms with Gasteiger partial charge in [-0.2, -0.15) is 18.3 Å². The average molecular weight is 561 g/mol. The third-order valence-electron chi connectivity index (χ3n) is 4.82. The molecular formula is C24H16BrF3N4O2S. The summed E-state index contributed by atoms with van der Waals surface area (Å²) in [6.07, 6.45) is -3.60. The number of carbonyl (C=O) groups is 1. The van der Waals surface area contributed by atoms with Crippen LogP contribution in [0.3, 0.4) is 0 Å². The van der Waals surface area contributed by atoms with Gasteiger partial charge in [-0.25, -0.2) is 10.4 Å². The Bertz CT molecular complexity index is 1470. The van der Waals surface area contributed by atoms with E-state index in [1.165, 1.54) is 22.8 Å². The van der Waals surface area contributed by atoms with Crippen LogP contribution in [0.15, 0.2) is 92.3 Å². The second-order valence-corrected chi connectivity index (χ2v) is 9.05. The van der Waals surface area contributed by atoms with Crippen molar-refractivity contribution in [3.63, 3.8) is 0 Å². The number of nitrogens with zero attached hydrogens (tertiary/aromatic N) is 3. The fraction of sp³-hybridized carbons (Fsp3) is 0.0833. The fourth-order valence-corrected chi connectivity index (χ4v) is 4.30. The second kappa shape index (κ2) is 10.4. The van der Waals surface area contributed by atoms with Crippen LogP contribution in [-0.2, 0) is 11.0 Å². The molecular weight excluding hydrogens is 545 g/mol. The molecule has 0 saturated carbocycles. The van der Waals surface area contributed by atoms with Crippen LogP contribution in [0.25, 0.3) is 16.6 Å². The SMILES string of the molecule is O=C(CSc1nc2ccccc2c(=O)n1-c1ccc(Br)cc1)NN=Cc1ccccc1C(F)(F)F. The molecule has 178 valence electrons. The van der Waals surface area contributed by atoms with Gasteiger partial charge in [0.1, 0.15) is 0 Å². The molecule has 0 aliphatic heterocycles. The summed E-state index contributed by atoms with van der Waals surface area (Å²) in [4.78, 5) is 30.1. The van der Waals surface area contributed by atoms with E-state index in [0.717, 1.165) is 28.5 Å². The van der Waals surface area contributed by atoms with Crippen LogP contribution in [0.5, 0.6) is 0 Å². The van der Waals surface area contributed by atoms with Gasteiger partial charge in [0.15, 0.2) is 5.16 Å². The molecule has 35 heavy (non-hydrogen) atoms. The molecule has 0 aliphatic rings. The number of hydrogen-bond acceptors (Lipinski definition) is 5. The van der Waals surface area contributed by atoms with E-state index in [-0.39, 0.29) is 22.0 Å². The Morgan fingerprint density at radius 3 is 2.49 bits per heavy atom. The summed E-state index contributed by atoms with van der Waals surface area (Å²) in [6, 6.07) is 18.8. The Morgan fingerprint density at radius 2 is 1.74 bits per heavy atom. The number of rotatable bonds is 6. The van der Waals surface area contributed by atoms with Crippen LogP contribution in [0.4, 0.5) is 13.2 Å². The Morgan fingerprint density at radius 1 is 1.06 bits per heavy atom. The maximum Gasteiger partial charge on any atom is 0.417 e. The van der Waals surface area contributed by atoms with Gasteiger partial charge in [-0.3, -0.25) is 14.2 Å². The Hall–Kier alpha value is -3.44. The predicted molar refractivity (Wildman–Crippen MR) is 133 cm³/mol. The highest BCUT2D eigenvalue weighted by molar-refractivity contribution is 9.10. The zero-order chi connectivity index (χ0) is 25.0. The summed E-state index contributed by atoms with van der Waals surface area (Å²) < 4.78 is 41.5. The van der Waals surface area contributed by atoms with Gasteiger partial charge in [0, 0.05) is 10.0 Å². The molecule has 0 bridgehead atoms. The minimum atomic E-state index is -4.54.